The van der Waals surface area contributed by atoms with Gasteiger partial charge in [-0.3, -0.25) is 10.1 Å². The second-order valence-electron chi connectivity index (χ2n) is 6.17. The molecule has 1 aliphatic rings. The lowest BCUT2D eigenvalue weighted by Crippen LogP contribution is -2.27. The number of nitro groups is 1. The van der Waals surface area contributed by atoms with Gasteiger partial charge in [-0.05, 0) is 30.4 Å². The minimum absolute atomic E-state index is 0.0388. The quantitative estimate of drug-likeness (QED) is 0.375. The van der Waals surface area contributed by atoms with Crippen molar-refractivity contribution in [1.29, 1.82) is 0 Å². The summed E-state index contributed by atoms with van der Waals surface area (Å²) in [5.74, 6) is -1.53. The number of benzene rings is 2. The number of nitrogens with zero attached hydrogens (tertiary/aromatic N) is 2. The molecule has 1 aliphatic heterocycles. The van der Waals surface area contributed by atoms with Crippen molar-refractivity contribution in [3.63, 3.8) is 0 Å². The van der Waals surface area contributed by atoms with E-state index in [0.29, 0.717) is 10.6 Å². The van der Waals surface area contributed by atoms with Gasteiger partial charge in [0.05, 0.1) is 30.4 Å². The van der Waals surface area contributed by atoms with E-state index in [1.54, 1.807) is 18.2 Å². The minimum atomic E-state index is -0.791. The molecule has 158 valence electrons. The molecule has 2 aromatic carbocycles. The topological polar surface area (TPSA) is 99.0 Å². The molecule has 3 rings (SSSR count). The third kappa shape index (κ3) is 5.01. The van der Waals surface area contributed by atoms with Gasteiger partial charge in [-0.1, -0.05) is 36.0 Å². The largest absolute Gasteiger partial charge is 0.465 e. The van der Waals surface area contributed by atoms with Crippen LogP contribution in [0.15, 0.2) is 94.0 Å². The van der Waals surface area contributed by atoms with E-state index in [1.165, 1.54) is 55.3 Å². The molecular formula is C22H18N2O6S. The third-order valence-electron chi connectivity index (χ3n) is 4.23. The molecule has 0 N–H and O–H groups in total. The zero-order valence-corrected chi connectivity index (χ0v) is 17.5. The van der Waals surface area contributed by atoms with Crippen LogP contribution in [0.25, 0.3) is 0 Å². The Hall–Kier alpha value is -3.85. The molecule has 0 spiro atoms. The number of nitro benzene ring substituents is 1. The summed E-state index contributed by atoms with van der Waals surface area (Å²) in [5.41, 5.74) is -0.00150. The first-order chi connectivity index (χ1) is 14.9. The number of anilines is 1. The Morgan fingerprint density at radius 1 is 0.968 bits per heavy atom. The Balaban J connectivity index is 2.17. The van der Waals surface area contributed by atoms with Crippen LogP contribution in [0.3, 0.4) is 0 Å². The highest BCUT2D eigenvalue weighted by Gasteiger charge is 2.28. The molecule has 31 heavy (non-hydrogen) atoms. The average Bonchev–Trinajstić information content (AvgIpc) is 3.01. The summed E-state index contributed by atoms with van der Waals surface area (Å²) in [6.45, 7) is 0. The highest BCUT2D eigenvalue weighted by Crippen LogP contribution is 2.36. The van der Waals surface area contributed by atoms with Crippen molar-refractivity contribution in [3.05, 3.63) is 94.3 Å². The first-order valence-corrected chi connectivity index (χ1v) is 9.83. The van der Waals surface area contributed by atoms with E-state index in [4.69, 9.17) is 9.47 Å². The molecule has 0 saturated carbocycles. The second-order valence-corrected chi connectivity index (χ2v) is 7.32. The van der Waals surface area contributed by atoms with Gasteiger partial charge in [0.25, 0.3) is 5.69 Å². The van der Waals surface area contributed by atoms with Gasteiger partial charge in [0.1, 0.15) is 5.70 Å². The van der Waals surface area contributed by atoms with Crippen molar-refractivity contribution < 1.29 is 24.0 Å². The molecule has 0 aliphatic carbocycles. The summed E-state index contributed by atoms with van der Waals surface area (Å²) in [6, 6.07) is 13.8. The summed E-state index contributed by atoms with van der Waals surface area (Å²) in [5, 5.41) is 11.6. The number of hydrogen-bond acceptors (Lipinski definition) is 8. The number of rotatable bonds is 6. The van der Waals surface area contributed by atoms with Gasteiger partial charge in [0.15, 0.2) is 0 Å². The van der Waals surface area contributed by atoms with Crippen LogP contribution >= 0.6 is 11.8 Å². The van der Waals surface area contributed by atoms with E-state index in [2.05, 4.69) is 0 Å². The number of esters is 2. The van der Waals surface area contributed by atoms with Crippen molar-refractivity contribution in [2.75, 3.05) is 19.1 Å². The standard InChI is InChI=1S/C22H18N2O6S/c1-29-21(25)19-10-6-7-11-23(20(19)22(26)30-2)15-12-16(24(27)28)14-18(13-15)31-17-8-4-3-5-9-17/h3-14H,1-2H3. The third-order valence-corrected chi connectivity index (χ3v) is 5.21. The van der Waals surface area contributed by atoms with Gasteiger partial charge in [-0.2, -0.15) is 0 Å². The molecule has 0 atom stereocenters. The first-order valence-electron chi connectivity index (χ1n) is 9.02. The Morgan fingerprint density at radius 3 is 2.32 bits per heavy atom. The second kappa shape index (κ2) is 9.77. The molecule has 0 fully saturated rings. The maximum Gasteiger partial charge on any atom is 0.355 e. The monoisotopic (exact) mass is 438 g/mol. The van der Waals surface area contributed by atoms with Crippen molar-refractivity contribution in [3.8, 4) is 0 Å². The van der Waals surface area contributed by atoms with Crippen LogP contribution in [0.1, 0.15) is 0 Å². The van der Waals surface area contributed by atoms with E-state index in [-0.39, 0.29) is 17.0 Å². The fourth-order valence-electron chi connectivity index (χ4n) is 2.86. The predicted molar refractivity (Wildman–Crippen MR) is 115 cm³/mol. The highest BCUT2D eigenvalue weighted by molar-refractivity contribution is 7.99. The van der Waals surface area contributed by atoms with Crippen LogP contribution in [0.5, 0.6) is 0 Å². The van der Waals surface area contributed by atoms with E-state index >= 15 is 0 Å². The van der Waals surface area contributed by atoms with Gasteiger partial charge in [0, 0.05) is 28.1 Å². The molecular weight excluding hydrogens is 420 g/mol. The molecule has 0 bridgehead atoms. The lowest BCUT2D eigenvalue weighted by atomic mass is 10.1. The molecule has 0 amide bonds. The highest BCUT2D eigenvalue weighted by atomic mass is 32.2. The van der Waals surface area contributed by atoms with Gasteiger partial charge in [-0.15, -0.1) is 0 Å². The molecule has 0 unspecified atom stereocenters. The summed E-state index contributed by atoms with van der Waals surface area (Å²) in [6.07, 6.45) is 6.11. The van der Waals surface area contributed by atoms with Crippen molar-refractivity contribution in [2.24, 2.45) is 0 Å². The fourth-order valence-corrected chi connectivity index (χ4v) is 3.79. The number of carbonyl (C=O) groups excluding carboxylic acids is 2. The SMILES string of the molecule is COC(=O)C1=C(C(=O)OC)N(c2cc(Sc3ccccc3)cc([N+](=O)[O-])c2)C=CC=C1. The zero-order valence-electron chi connectivity index (χ0n) is 16.7. The van der Waals surface area contributed by atoms with Crippen LogP contribution in [0, 0.1) is 10.1 Å². The van der Waals surface area contributed by atoms with Gasteiger partial charge < -0.3 is 14.4 Å². The number of hydrogen-bond donors (Lipinski definition) is 0. The average molecular weight is 438 g/mol. The Bertz CT molecular complexity index is 1110. The van der Waals surface area contributed by atoms with E-state index in [1.807, 2.05) is 30.3 Å². The van der Waals surface area contributed by atoms with E-state index < -0.39 is 16.9 Å². The first kappa shape index (κ1) is 21.8. The Kier molecular flexibility index (Phi) is 6.88. The molecule has 0 radical (unpaired) electrons. The van der Waals surface area contributed by atoms with Crippen molar-refractivity contribution >= 4 is 35.1 Å². The summed E-state index contributed by atoms with van der Waals surface area (Å²) in [4.78, 5) is 38.8. The number of allylic oxidation sites excluding steroid dienone is 2. The minimum Gasteiger partial charge on any atom is -0.465 e. The molecule has 0 aromatic heterocycles. The smallest absolute Gasteiger partial charge is 0.355 e. The maximum atomic E-state index is 12.6. The van der Waals surface area contributed by atoms with Crippen molar-refractivity contribution in [1.82, 2.24) is 0 Å². The van der Waals surface area contributed by atoms with Crippen LogP contribution in [0.2, 0.25) is 0 Å². The fraction of sp³-hybridized carbons (Fsp3) is 0.0909. The predicted octanol–water partition coefficient (Wildman–Crippen LogP) is 4.24. The van der Waals surface area contributed by atoms with Crippen molar-refractivity contribution in [2.45, 2.75) is 9.79 Å². The van der Waals surface area contributed by atoms with Gasteiger partial charge in [0.2, 0.25) is 0 Å². The maximum absolute atomic E-state index is 12.6. The Labute approximate surface area is 182 Å². The molecule has 9 heteroatoms. The van der Waals surface area contributed by atoms with Gasteiger partial charge in [-0.25, -0.2) is 9.59 Å². The molecule has 1 heterocycles. The summed E-state index contributed by atoms with van der Waals surface area (Å²) < 4.78 is 9.67. The zero-order chi connectivity index (χ0) is 22.4. The lowest BCUT2D eigenvalue weighted by molar-refractivity contribution is -0.385. The summed E-state index contributed by atoms with van der Waals surface area (Å²) >= 11 is 1.33. The van der Waals surface area contributed by atoms with E-state index in [9.17, 15) is 19.7 Å². The van der Waals surface area contributed by atoms with Crippen LogP contribution in [-0.4, -0.2) is 31.1 Å². The number of methoxy groups -OCH3 is 2. The number of non-ortho nitro benzene ring substituents is 1. The number of carbonyl (C=O) groups is 2. The van der Waals surface area contributed by atoms with E-state index in [0.717, 1.165) is 4.90 Å². The normalized spacial score (nSPS) is 13.0. The molecule has 2 aromatic rings. The summed E-state index contributed by atoms with van der Waals surface area (Å²) in [7, 11) is 2.38. The van der Waals surface area contributed by atoms with Gasteiger partial charge >= 0.3 is 11.9 Å². The van der Waals surface area contributed by atoms with Crippen LogP contribution in [-0.2, 0) is 19.1 Å². The van der Waals surface area contributed by atoms with Crippen LogP contribution in [0.4, 0.5) is 11.4 Å². The van der Waals surface area contributed by atoms with Crippen LogP contribution < -0.4 is 4.90 Å². The Morgan fingerprint density at radius 2 is 1.68 bits per heavy atom. The molecule has 0 saturated heterocycles. The number of ether oxygens (including phenoxy) is 2. The lowest BCUT2D eigenvalue weighted by Gasteiger charge is -2.23. The molecule has 8 nitrogen and oxygen atoms in total.